The summed E-state index contributed by atoms with van der Waals surface area (Å²) in [5, 5.41) is 1.61. The summed E-state index contributed by atoms with van der Waals surface area (Å²) in [6.45, 7) is 6.23. The van der Waals surface area contributed by atoms with Gasteiger partial charge in [-0.1, -0.05) is 42.1 Å². The third kappa shape index (κ3) is 4.10. The highest BCUT2D eigenvalue weighted by Crippen LogP contribution is 2.50. The number of amidine groups is 1. The zero-order valence-electron chi connectivity index (χ0n) is 19.4. The van der Waals surface area contributed by atoms with Crippen molar-refractivity contribution in [3.8, 4) is 0 Å². The molecular weight excluding hydrogens is 460 g/mol. The van der Waals surface area contributed by atoms with Crippen LogP contribution in [0.15, 0.2) is 98.7 Å². The van der Waals surface area contributed by atoms with Gasteiger partial charge in [-0.15, -0.1) is 0 Å². The first kappa shape index (κ1) is 22.6. The van der Waals surface area contributed by atoms with Crippen molar-refractivity contribution in [3.63, 3.8) is 0 Å². The van der Waals surface area contributed by atoms with E-state index in [4.69, 9.17) is 4.99 Å². The molecule has 2 aliphatic rings. The predicted molar refractivity (Wildman–Crippen MR) is 146 cm³/mol. The van der Waals surface area contributed by atoms with Crippen LogP contribution >= 0.6 is 23.5 Å². The first-order valence-corrected chi connectivity index (χ1v) is 13.0. The molecule has 1 saturated heterocycles. The molecule has 7 heteroatoms. The standard InChI is InChI=1S/C27H26N4OS2/c1-4-30(5-2)20-17-15-19(16-18-20)28-27-31(21-11-7-6-8-12-21)25(32)24(34-27)26-29(3)22-13-9-10-14-23(22)33-26/h6-18H,4-5H2,1-3H3/b26-24+,28-27?. The van der Waals surface area contributed by atoms with Crippen LogP contribution in [0, 0.1) is 0 Å². The molecule has 3 aromatic rings. The number of benzene rings is 3. The van der Waals surface area contributed by atoms with Gasteiger partial charge in [0.1, 0.15) is 4.91 Å². The Hall–Kier alpha value is -3.16. The number of carbonyl (C=O) groups excluding carboxylic acids is 1. The van der Waals surface area contributed by atoms with Crippen LogP contribution in [0.1, 0.15) is 13.8 Å². The minimum Gasteiger partial charge on any atom is -0.372 e. The quantitative estimate of drug-likeness (QED) is 0.375. The number of hydrogen-bond donors (Lipinski definition) is 0. The molecule has 0 unspecified atom stereocenters. The van der Waals surface area contributed by atoms with Gasteiger partial charge in [-0.3, -0.25) is 9.69 Å². The van der Waals surface area contributed by atoms with Gasteiger partial charge < -0.3 is 9.80 Å². The van der Waals surface area contributed by atoms with E-state index in [-0.39, 0.29) is 5.91 Å². The lowest BCUT2D eigenvalue weighted by molar-refractivity contribution is -0.113. The molecule has 34 heavy (non-hydrogen) atoms. The van der Waals surface area contributed by atoms with E-state index in [0.717, 1.165) is 40.1 Å². The van der Waals surface area contributed by atoms with Crippen molar-refractivity contribution in [1.29, 1.82) is 0 Å². The molecule has 2 heterocycles. The Kier molecular flexibility index (Phi) is 6.39. The number of carbonyl (C=O) groups is 1. The van der Waals surface area contributed by atoms with Crippen LogP contribution in [-0.4, -0.2) is 31.2 Å². The molecule has 172 valence electrons. The fraction of sp³-hybridized carbons (Fsp3) is 0.185. The van der Waals surface area contributed by atoms with E-state index in [1.807, 2.05) is 61.6 Å². The zero-order valence-corrected chi connectivity index (χ0v) is 21.1. The smallest absolute Gasteiger partial charge is 0.274 e. The van der Waals surface area contributed by atoms with Gasteiger partial charge in [0.25, 0.3) is 5.91 Å². The molecule has 2 aliphatic heterocycles. The van der Waals surface area contributed by atoms with Gasteiger partial charge in [-0.25, -0.2) is 4.99 Å². The summed E-state index contributed by atoms with van der Waals surface area (Å²) < 4.78 is 0. The van der Waals surface area contributed by atoms with Crippen molar-refractivity contribution < 1.29 is 4.79 Å². The number of thioether (sulfide) groups is 2. The van der Waals surface area contributed by atoms with Gasteiger partial charge in [0.15, 0.2) is 5.17 Å². The summed E-state index contributed by atoms with van der Waals surface area (Å²) in [4.78, 5) is 26.6. The summed E-state index contributed by atoms with van der Waals surface area (Å²) in [5.74, 6) is -0.0446. The summed E-state index contributed by atoms with van der Waals surface area (Å²) in [7, 11) is 2.02. The average molecular weight is 487 g/mol. The van der Waals surface area contributed by atoms with Crippen molar-refractivity contribution in [3.05, 3.63) is 88.8 Å². The molecule has 5 rings (SSSR count). The van der Waals surface area contributed by atoms with E-state index >= 15 is 0 Å². The SMILES string of the molecule is CCN(CC)c1ccc(N=C2S/C(=C3/Sc4ccccc4N3C)C(=O)N2c2ccccc2)cc1. The fourth-order valence-corrected chi connectivity index (χ4v) is 6.47. The molecular formula is C27H26N4OS2. The van der Waals surface area contributed by atoms with E-state index in [0.29, 0.717) is 10.1 Å². The second kappa shape index (κ2) is 9.60. The Balaban J connectivity index is 1.54. The minimum absolute atomic E-state index is 0.0446. The molecule has 3 aromatic carbocycles. The normalized spacial score (nSPS) is 18.7. The molecule has 0 N–H and O–H groups in total. The van der Waals surface area contributed by atoms with Gasteiger partial charge in [-0.2, -0.15) is 0 Å². The van der Waals surface area contributed by atoms with Gasteiger partial charge in [-0.05, 0) is 74.1 Å². The minimum atomic E-state index is -0.0446. The second-order valence-electron chi connectivity index (χ2n) is 7.92. The van der Waals surface area contributed by atoms with Crippen LogP contribution in [0.2, 0.25) is 0 Å². The molecule has 1 fully saturated rings. The maximum Gasteiger partial charge on any atom is 0.274 e. The molecule has 5 nitrogen and oxygen atoms in total. The molecule has 0 radical (unpaired) electrons. The monoisotopic (exact) mass is 486 g/mol. The van der Waals surface area contributed by atoms with Crippen LogP contribution in [0.3, 0.4) is 0 Å². The molecule has 0 spiro atoms. The molecule has 0 bridgehead atoms. The molecule has 0 saturated carbocycles. The Bertz CT molecular complexity index is 1270. The topological polar surface area (TPSA) is 39.1 Å². The number of para-hydroxylation sites is 2. The van der Waals surface area contributed by atoms with Crippen molar-refractivity contribution in [1.82, 2.24) is 0 Å². The van der Waals surface area contributed by atoms with Gasteiger partial charge in [0.05, 0.1) is 22.1 Å². The average Bonchev–Trinajstić information content (AvgIpc) is 3.37. The number of nitrogens with zero attached hydrogens (tertiary/aromatic N) is 4. The van der Waals surface area contributed by atoms with Gasteiger partial charge >= 0.3 is 0 Å². The zero-order chi connectivity index (χ0) is 23.7. The number of aliphatic imine (C=N–C) groups is 1. The molecule has 0 aromatic heterocycles. The highest BCUT2D eigenvalue weighted by atomic mass is 32.2. The molecule has 1 amide bonds. The fourth-order valence-electron chi connectivity index (χ4n) is 4.12. The van der Waals surface area contributed by atoms with Crippen molar-refractivity contribution in [2.24, 2.45) is 4.99 Å². The molecule has 0 aliphatic carbocycles. The largest absolute Gasteiger partial charge is 0.372 e. The van der Waals surface area contributed by atoms with E-state index in [1.54, 1.807) is 16.7 Å². The van der Waals surface area contributed by atoms with E-state index in [2.05, 4.69) is 47.9 Å². The summed E-state index contributed by atoms with van der Waals surface area (Å²) in [6, 6.07) is 26.2. The first-order chi connectivity index (χ1) is 16.6. The van der Waals surface area contributed by atoms with Gasteiger partial charge in [0.2, 0.25) is 0 Å². The van der Waals surface area contributed by atoms with Crippen LogP contribution < -0.4 is 14.7 Å². The second-order valence-corrected chi connectivity index (χ2v) is 9.93. The third-order valence-corrected chi connectivity index (χ3v) is 8.33. The number of hydrogen-bond acceptors (Lipinski definition) is 6. The van der Waals surface area contributed by atoms with Crippen LogP contribution in [0.25, 0.3) is 0 Å². The molecule has 0 atom stereocenters. The van der Waals surface area contributed by atoms with E-state index in [9.17, 15) is 4.79 Å². The Morgan fingerprint density at radius 1 is 0.853 bits per heavy atom. The van der Waals surface area contributed by atoms with Crippen LogP contribution in [-0.2, 0) is 4.79 Å². The van der Waals surface area contributed by atoms with Crippen LogP contribution in [0.5, 0.6) is 0 Å². The maximum absolute atomic E-state index is 13.7. The Labute approximate surface area is 209 Å². The lowest BCUT2D eigenvalue weighted by Crippen LogP contribution is -2.29. The Morgan fingerprint density at radius 2 is 1.53 bits per heavy atom. The highest BCUT2D eigenvalue weighted by molar-refractivity contribution is 8.20. The van der Waals surface area contributed by atoms with E-state index in [1.165, 1.54) is 17.4 Å². The number of amides is 1. The summed E-state index contributed by atoms with van der Waals surface area (Å²) in [5.41, 5.74) is 3.94. The summed E-state index contributed by atoms with van der Waals surface area (Å²) in [6.07, 6.45) is 0. The van der Waals surface area contributed by atoms with Crippen molar-refractivity contribution in [2.45, 2.75) is 18.7 Å². The van der Waals surface area contributed by atoms with Crippen molar-refractivity contribution in [2.75, 3.05) is 34.8 Å². The van der Waals surface area contributed by atoms with Crippen LogP contribution in [0.4, 0.5) is 22.7 Å². The van der Waals surface area contributed by atoms with Crippen molar-refractivity contribution >= 4 is 57.3 Å². The highest BCUT2D eigenvalue weighted by Gasteiger charge is 2.40. The number of anilines is 3. The maximum atomic E-state index is 13.7. The lowest BCUT2D eigenvalue weighted by atomic mass is 10.2. The third-order valence-electron chi connectivity index (χ3n) is 5.93. The lowest BCUT2D eigenvalue weighted by Gasteiger charge is -2.21. The summed E-state index contributed by atoms with van der Waals surface area (Å²) >= 11 is 3.08. The predicted octanol–water partition coefficient (Wildman–Crippen LogP) is 6.71. The number of fused-ring (bicyclic) bond motifs is 1. The van der Waals surface area contributed by atoms with E-state index < -0.39 is 0 Å². The Morgan fingerprint density at radius 3 is 2.21 bits per heavy atom. The van der Waals surface area contributed by atoms with Gasteiger partial charge in [0, 0.05) is 30.7 Å². The number of rotatable bonds is 5. The first-order valence-electron chi connectivity index (χ1n) is 11.4.